The Labute approximate surface area is 237 Å². The molecule has 2 rings (SSSR count). The molecule has 0 aliphatic heterocycles. The van der Waals surface area contributed by atoms with Gasteiger partial charge in [0.2, 0.25) is 17.7 Å². The number of anilines is 1. The second-order valence-electron chi connectivity index (χ2n) is 10.7. The molecule has 0 bridgehead atoms. The number of nitrogens with one attached hydrogen (secondary N) is 3. The number of amides is 3. The maximum Gasteiger partial charge on any atom is 0.245 e. The van der Waals surface area contributed by atoms with E-state index in [0.717, 1.165) is 45.1 Å². The first-order valence-corrected chi connectivity index (χ1v) is 15.7. The van der Waals surface area contributed by atoms with E-state index in [1.807, 2.05) is 0 Å². The summed E-state index contributed by atoms with van der Waals surface area (Å²) in [4.78, 5) is 42.6. The highest BCUT2D eigenvalue weighted by atomic mass is 32.1. The molecule has 11 heteroatoms. The van der Waals surface area contributed by atoms with Crippen molar-refractivity contribution in [2.24, 2.45) is 11.7 Å². The number of aliphatic hydroxyl groups is 1. The molecule has 0 unspecified atom stereocenters. The van der Waals surface area contributed by atoms with E-state index >= 15 is 0 Å². The van der Waals surface area contributed by atoms with Crippen molar-refractivity contribution in [3.63, 3.8) is 0 Å². The largest absolute Gasteiger partial charge is 0.394 e. The number of nitrogen functional groups attached to an aromatic ring is 1. The van der Waals surface area contributed by atoms with Gasteiger partial charge in [0, 0.05) is 24.8 Å². The van der Waals surface area contributed by atoms with Crippen molar-refractivity contribution in [2.45, 2.75) is 115 Å². The molecule has 1 fully saturated rings. The van der Waals surface area contributed by atoms with Gasteiger partial charge in [-0.25, -0.2) is 4.98 Å². The van der Waals surface area contributed by atoms with Gasteiger partial charge in [-0.1, -0.05) is 70.6 Å². The minimum Gasteiger partial charge on any atom is -0.394 e. The Balaban J connectivity index is 1.79. The van der Waals surface area contributed by atoms with E-state index in [4.69, 9.17) is 11.5 Å². The summed E-state index contributed by atoms with van der Waals surface area (Å²) in [6, 6.07) is -2.01. The lowest BCUT2D eigenvalue weighted by Gasteiger charge is -2.24. The monoisotopic (exact) mass is 566 g/mol. The van der Waals surface area contributed by atoms with Crippen molar-refractivity contribution in [2.75, 3.05) is 25.4 Å². The summed E-state index contributed by atoms with van der Waals surface area (Å²) in [6.45, 7) is 0.736. The first-order chi connectivity index (χ1) is 18.9. The predicted molar refractivity (Wildman–Crippen MR) is 156 cm³/mol. The number of nitrogens with two attached hydrogens (primary N) is 2. The van der Waals surface area contributed by atoms with Crippen LogP contribution < -0.4 is 27.4 Å². The van der Waals surface area contributed by atoms with Gasteiger partial charge in [-0.2, -0.15) is 0 Å². The van der Waals surface area contributed by atoms with E-state index in [9.17, 15) is 19.5 Å². The van der Waals surface area contributed by atoms with Crippen LogP contribution in [0.4, 0.5) is 5.13 Å². The highest BCUT2D eigenvalue weighted by Gasteiger charge is 2.27. The van der Waals surface area contributed by atoms with Crippen molar-refractivity contribution in [1.29, 1.82) is 0 Å². The van der Waals surface area contributed by atoms with Gasteiger partial charge in [-0.05, 0) is 31.7 Å². The normalized spacial score (nSPS) is 15.4. The summed E-state index contributed by atoms with van der Waals surface area (Å²) in [5, 5.41) is 20.2. The Morgan fingerprint density at radius 2 is 1.62 bits per heavy atom. The van der Waals surface area contributed by atoms with Crippen LogP contribution in [0.2, 0.25) is 0 Å². The Bertz CT molecular complexity index is 846. The van der Waals surface area contributed by atoms with E-state index in [1.54, 1.807) is 5.38 Å². The Morgan fingerprint density at radius 3 is 2.23 bits per heavy atom. The van der Waals surface area contributed by atoms with Crippen LogP contribution in [0.3, 0.4) is 0 Å². The third-order valence-corrected chi connectivity index (χ3v) is 8.11. The van der Waals surface area contributed by atoms with E-state index in [2.05, 4.69) is 20.9 Å². The maximum absolute atomic E-state index is 13.0. The highest BCUT2D eigenvalue weighted by molar-refractivity contribution is 7.13. The van der Waals surface area contributed by atoms with E-state index in [1.165, 1.54) is 62.7 Å². The fraction of sp³-hybridized carbons (Fsp3) is 0.786. The Kier molecular flexibility index (Phi) is 16.7. The van der Waals surface area contributed by atoms with Gasteiger partial charge in [0.1, 0.15) is 12.1 Å². The molecular weight excluding hydrogens is 516 g/mol. The molecule has 0 radical (unpaired) electrons. The van der Waals surface area contributed by atoms with Crippen LogP contribution in [0, 0.1) is 5.92 Å². The van der Waals surface area contributed by atoms with Gasteiger partial charge in [-0.15, -0.1) is 11.3 Å². The Hall–Kier alpha value is -2.24. The number of rotatable bonds is 20. The van der Waals surface area contributed by atoms with Crippen LogP contribution in [-0.2, 0) is 20.8 Å². The van der Waals surface area contributed by atoms with E-state index < -0.39 is 24.6 Å². The molecule has 2 atom stereocenters. The number of nitrogens with zero attached hydrogens (tertiary/aromatic N) is 1. The summed E-state index contributed by atoms with van der Waals surface area (Å²) in [6.07, 6.45) is 16.0. The van der Waals surface area contributed by atoms with Gasteiger partial charge in [0.15, 0.2) is 5.13 Å². The molecule has 3 amide bonds. The summed E-state index contributed by atoms with van der Waals surface area (Å²) in [5.74, 6) is -0.565. The average molecular weight is 567 g/mol. The molecule has 1 aliphatic rings. The number of unbranched alkanes of at least 4 members (excludes halogenated alkanes) is 7. The molecule has 1 aromatic rings. The molecule has 8 N–H and O–H groups in total. The predicted octanol–water partition coefficient (Wildman–Crippen LogP) is 2.79. The third-order valence-electron chi connectivity index (χ3n) is 7.38. The standard InChI is InChI=1S/C28H50N6O4S/c29-16-11-6-4-2-1-3-5-10-14-25(36)33-24(19-35)27(38)34-23(18-22-20-39-28(30)32-22)26(37)31-17-15-21-12-8-7-9-13-21/h20-21,23-24,35H,1-19,29H2,(H2,30,32)(H,31,37)(H,33,36)(H,34,38)/t23-,24-/m0/s1. The zero-order chi connectivity index (χ0) is 28.3. The summed E-state index contributed by atoms with van der Waals surface area (Å²) in [5.41, 5.74) is 11.9. The van der Waals surface area contributed by atoms with Crippen LogP contribution >= 0.6 is 11.3 Å². The molecule has 10 nitrogen and oxygen atoms in total. The highest BCUT2D eigenvalue weighted by Crippen LogP contribution is 2.25. The van der Waals surface area contributed by atoms with Gasteiger partial charge in [0.25, 0.3) is 0 Å². The van der Waals surface area contributed by atoms with Crippen LogP contribution in [0.1, 0.15) is 102 Å². The lowest BCUT2D eigenvalue weighted by molar-refractivity contribution is -0.133. The number of hydrogen-bond acceptors (Lipinski definition) is 8. The number of hydrogen-bond donors (Lipinski definition) is 6. The second-order valence-corrected chi connectivity index (χ2v) is 11.6. The molecule has 1 aliphatic carbocycles. The summed E-state index contributed by atoms with van der Waals surface area (Å²) in [7, 11) is 0. The fourth-order valence-corrected chi connectivity index (χ4v) is 5.63. The third kappa shape index (κ3) is 14.1. The number of aliphatic hydroxyl groups excluding tert-OH is 1. The minimum atomic E-state index is -1.13. The average Bonchev–Trinajstić information content (AvgIpc) is 3.35. The van der Waals surface area contributed by atoms with Gasteiger partial charge in [0.05, 0.1) is 12.3 Å². The zero-order valence-electron chi connectivity index (χ0n) is 23.4. The fourth-order valence-electron chi connectivity index (χ4n) is 5.06. The van der Waals surface area contributed by atoms with Crippen LogP contribution in [0.25, 0.3) is 0 Å². The van der Waals surface area contributed by atoms with Crippen molar-refractivity contribution in [3.8, 4) is 0 Å². The second kappa shape index (κ2) is 19.8. The summed E-state index contributed by atoms with van der Waals surface area (Å²) < 4.78 is 0. The minimum absolute atomic E-state index is 0.174. The first kappa shape index (κ1) is 33.0. The number of carbonyl (C=O) groups excluding carboxylic acids is 3. The van der Waals surface area contributed by atoms with Crippen molar-refractivity contribution in [1.82, 2.24) is 20.9 Å². The molecular formula is C28H50N6O4S. The number of aromatic nitrogens is 1. The van der Waals surface area contributed by atoms with Gasteiger partial charge >= 0.3 is 0 Å². The summed E-state index contributed by atoms with van der Waals surface area (Å²) >= 11 is 1.27. The molecule has 0 aromatic carbocycles. The maximum atomic E-state index is 13.0. The van der Waals surface area contributed by atoms with Crippen molar-refractivity contribution >= 4 is 34.2 Å². The Morgan fingerprint density at radius 1 is 0.949 bits per heavy atom. The van der Waals surface area contributed by atoms with Gasteiger partial charge < -0.3 is 32.5 Å². The number of carbonyl (C=O) groups is 3. The first-order valence-electron chi connectivity index (χ1n) is 14.8. The molecule has 39 heavy (non-hydrogen) atoms. The SMILES string of the molecule is NCCCCCCCCCCC(=O)N[C@@H](CO)C(=O)N[C@@H](Cc1csc(N)n1)C(=O)NCCC1CCCCC1. The molecule has 222 valence electrons. The lowest BCUT2D eigenvalue weighted by atomic mass is 9.87. The van der Waals surface area contributed by atoms with Crippen molar-refractivity contribution in [3.05, 3.63) is 11.1 Å². The van der Waals surface area contributed by atoms with Crippen molar-refractivity contribution < 1.29 is 19.5 Å². The molecule has 1 heterocycles. The molecule has 0 saturated heterocycles. The van der Waals surface area contributed by atoms with Crippen LogP contribution in [0.15, 0.2) is 5.38 Å². The zero-order valence-corrected chi connectivity index (χ0v) is 24.2. The quantitative estimate of drug-likeness (QED) is 0.132. The van der Waals surface area contributed by atoms with Crippen LogP contribution in [0.5, 0.6) is 0 Å². The topological polar surface area (TPSA) is 172 Å². The molecule has 1 aromatic heterocycles. The van der Waals surface area contributed by atoms with Crippen LogP contribution in [-0.4, -0.2) is 59.6 Å². The smallest absolute Gasteiger partial charge is 0.245 e. The molecule has 1 saturated carbocycles. The molecule has 0 spiro atoms. The number of thiazole rings is 1. The lowest BCUT2D eigenvalue weighted by Crippen LogP contribution is -2.55. The van der Waals surface area contributed by atoms with E-state index in [0.29, 0.717) is 29.7 Å². The van der Waals surface area contributed by atoms with Gasteiger partial charge in [-0.3, -0.25) is 14.4 Å². The van der Waals surface area contributed by atoms with E-state index in [-0.39, 0.29) is 18.2 Å².